The summed E-state index contributed by atoms with van der Waals surface area (Å²) in [7, 11) is 2.32. The molecule has 0 atom stereocenters. The van der Waals surface area contributed by atoms with Gasteiger partial charge in [-0.3, -0.25) is 0 Å². The third-order valence-electron chi connectivity index (χ3n) is 4.60. The van der Waals surface area contributed by atoms with E-state index in [-0.39, 0.29) is 0 Å². The van der Waals surface area contributed by atoms with Crippen molar-refractivity contribution in [1.82, 2.24) is 10.2 Å². The molecule has 1 rings (SSSR count). The molecular formula is C17H36N2. The summed E-state index contributed by atoms with van der Waals surface area (Å²) >= 11 is 0. The predicted octanol–water partition coefficient (Wildman–Crippen LogP) is 3.91. The molecule has 1 aliphatic rings. The van der Waals surface area contributed by atoms with Gasteiger partial charge >= 0.3 is 0 Å². The Morgan fingerprint density at radius 3 is 2.21 bits per heavy atom. The molecular weight excluding hydrogens is 232 g/mol. The van der Waals surface area contributed by atoms with Crippen LogP contribution >= 0.6 is 0 Å². The zero-order valence-corrected chi connectivity index (χ0v) is 14.3. The van der Waals surface area contributed by atoms with E-state index in [9.17, 15) is 0 Å². The topological polar surface area (TPSA) is 15.3 Å². The van der Waals surface area contributed by atoms with Crippen LogP contribution in [0.2, 0.25) is 0 Å². The molecule has 0 aromatic carbocycles. The monoisotopic (exact) mass is 268 g/mol. The highest BCUT2D eigenvalue weighted by molar-refractivity contribution is 4.85. The zero-order valence-electron chi connectivity index (χ0n) is 14.3. The second-order valence-electron chi connectivity index (χ2n) is 8.51. The van der Waals surface area contributed by atoms with Crippen LogP contribution in [0.15, 0.2) is 0 Å². The number of hydrogen-bond acceptors (Lipinski definition) is 2. The van der Waals surface area contributed by atoms with Crippen molar-refractivity contribution in [3.8, 4) is 0 Å². The summed E-state index contributed by atoms with van der Waals surface area (Å²) in [5, 5.41) is 3.58. The number of rotatable bonds is 6. The van der Waals surface area contributed by atoms with Crippen LogP contribution in [0.3, 0.4) is 0 Å². The van der Waals surface area contributed by atoms with Crippen LogP contribution < -0.4 is 5.32 Å². The van der Waals surface area contributed by atoms with Gasteiger partial charge < -0.3 is 10.2 Å². The lowest BCUT2D eigenvalue weighted by Gasteiger charge is -2.41. The Kier molecular flexibility index (Phi) is 5.88. The molecule has 0 radical (unpaired) electrons. The van der Waals surface area contributed by atoms with Gasteiger partial charge in [-0.15, -0.1) is 0 Å². The van der Waals surface area contributed by atoms with Crippen molar-refractivity contribution in [3.63, 3.8) is 0 Å². The van der Waals surface area contributed by atoms with Crippen molar-refractivity contribution in [2.45, 2.75) is 79.3 Å². The van der Waals surface area contributed by atoms with Crippen molar-refractivity contribution in [2.24, 2.45) is 10.8 Å². The molecule has 0 saturated heterocycles. The standard InChI is InChI=1S/C17H36N2/c1-14(2)18-12-17(5,6)13-19(7)15-8-10-16(3,4)11-9-15/h14-15,18H,8-13H2,1-7H3. The fourth-order valence-electron chi connectivity index (χ4n) is 3.17. The third kappa shape index (κ3) is 6.27. The zero-order chi connectivity index (χ0) is 14.7. The third-order valence-corrected chi connectivity index (χ3v) is 4.60. The highest BCUT2D eigenvalue weighted by Crippen LogP contribution is 2.37. The Balaban J connectivity index is 2.39. The number of nitrogens with one attached hydrogen (secondary N) is 1. The van der Waals surface area contributed by atoms with Crippen LogP contribution in [0.4, 0.5) is 0 Å². The van der Waals surface area contributed by atoms with Crippen LogP contribution in [0.1, 0.15) is 67.2 Å². The molecule has 114 valence electrons. The maximum absolute atomic E-state index is 3.58. The predicted molar refractivity (Wildman–Crippen MR) is 85.6 cm³/mol. The molecule has 2 nitrogen and oxygen atoms in total. The molecule has 1 aliphatic carbocycles. The summed E-state index contributed by atoms with van der Waals surface area (Å²) in [5.41, 5.74) is 0.929. The van der Waals surface area contributed by atoms with Crippen LogP contribution in [-0.4, -0.2) is 37.1 Å². The van der Waals surface area contributed by atoms with Crippen molar-refractivity contribution in [3.05, 3.63) is 0 Å². The second kappa shape index (κ2) is 6.58. The molecule has 0 aromatic heterocycles. The average molecular weight is 268 g/mol. The smallest absolute Gasteiger partial charge is 0.00928 e. The Morgan fingerprint density at radius 1 is 1.21 bits per heavy atom. The quantitative estimate of drug-likeness (QED) is 0.785. The Morgan fingerprint density at radius 2 is 1.74 bits per heavy atom. The Hall–Kier alpha value is -0.0800. The normalized spacial score (nSPS) is 21.3. The van der Waals surface area contributed by atoms with E-state index in [4.69, 9.17) is 0 Å². The molecule has 0 unspecified atom stereocenters. The summed E-state index contributed by atoms with van der Waals surface area (Å²) in [6, 6.07) is 1.38. The largest absolute Gasteiger partial charge is 0.314 e. The molecule has 0 aliphatic heterocycles. The van der Waals surface area contributed by atoms with E-state index in [1.807, 2.05) is 0 Å². The van der Waals surface area contributed by atoms with Gasteiger partial charge in [-0.1, -0.05) is 41.5 Å². The molecule has 19 heavy (non-hydrogen) atoms. The molecule has 0 heterocycles. The SMILES string of the molecule is CC(C)NCC(C)(C)CN(C)C1CCC(C)(C)CC1. The van der Waals surface area contributed by atoms with Gasteiger partial charge in [-0.2, -0.15) is 0 Å². The molecule has 0 amide bonds. The van der Waals surface area contributed by atoms with Crippen LogP contribution in [-0.2, 0) is 0 Å². The van der Waals surface area contributed by atoms with Gasteiger partial charge in [0.1, 0.15) is 0 Å². The fraction of sp³-hybridized carbons (Fsp3) is 1.00. The van der Waals surface area contributed by atoms with E-state index >= 15 is 0 Å². The van der Waals surface area contributed by atoms with Crippen molar-refractivity contribution >= 4 is 0 Å². The molecule has 1 fully saturated rings. The molecule has 0 aromatic rings. The lowest BCUT2D eigenvalue weighted by molar-refractivity contribution is 0.0942. The first-order valence-electron chi connectivity index (χ1n) is 8.05. The first-order chi connectivity index (χ1) is 8.61. The summed E-state index contributed by atoms with van der Waals surface area (Å²) < 4.78 is 0. The molecule has 0 spiro atoms. The first kappa shape index (κ1) is 17.0. The average Bonchev–Trinajstić information content (AvgIpc) is 2.25. The molecule has 2 heteroatoms. The minimum Gasteiger partial charge on any atom is -0.314 e. The summed E-state index contributed by atoms with van der Waals surface area (Å²) in [5.74, 6) is 0. The Bertz CT molecular complexity index is 258. The van der Waals surface area contributed by atoms with E-state index in [0.29, 0.717) is 16.9 Å². The summed E-state index contributed by atoms with van der Waals surface area (Å²) in [4.78, 5) is 2.61. The summed E-state index contributed by atoms with van der Waals surface area (Å²) in [6.45, 7) is 16.3. The van der Waals surface area contributed by atoms with E-state index < -0.39 is 0 Å². The van der Waals surface area contributed by atoms with Crippen molar-refractivity contribution in [2.75, 3.05) is 20.1 Å². The summed E-state index contributed by atoms with van der Waals surface area (Å²) in [6.07, 6.45) is 5.51. The van der Waals surface area contributed by atoms with Gasteiger partial charge in [0.2, 0.25) is 0 Å². The van der Waals surface area contributed by atoms with Gasteiger partial charge in [0.05, 0.1) is 0 Å². The number of nitrogens with zero attached hydrogens (tertiary/aromatic N) is 1. The van der Waals surface area contributed by atoms with Gasteiger partial charge in [0.15, 0.2) is 0 Å². The first-order valence-corrected chi connectivity index (χ1v) is 8.05. The minimum absolute atomic E-state index is 0.353. The minimum atomic E-state index is 0.353. The van der Waals surface area contributed by atoms with E-state index in [2.05, 4.69) is 58.8 Å². The fourth-order valence-corrected chi connectivity index (χ4v) is 3.17. The molecule has 1 N–H and O–H groups in total. The maximum atomic E-state index is 3.58. The van der Waals surface area contributed by atoms with E-state index in [1.165, 1.54) is 32.2 Å². The van der Waals surface area contributed by atoms with Gasteiger partial charge in [0.25, 0.3) is 0 Å². The van der Waals surface area contributed by atoms with Crippen LogP contribution in [0.5, 0.6) is 0 Å². The van der Waals surface area contributed by atoms with Crippen LogP contribution in [0, 0.1) is 10.8 Å². The van der Waals surface area contributed by atoms with Gasteiger partial charge in [-0.25, -0.2) is 0 Å². The maximum Gasteiger partial charge on any atom is 0.00928 e. The van der Waals surface area contributed by atoms with Gasteiger partial charge in [0, 0.05) is 25.2 Å². The molecule has 0 bridgehead atoms. The lowest BCUT2D eigenvalue weighted by Crippen LogP contribution is -2.45. The molecule has 1 saturated carbocycles. The van der Waals surface area contributed by atoms with E-state index in [1.54, 1.807) is 0 Å². The lowest BCUT2D eigenvalue weighted by atomic mass is 9.75. The van der Waals surface area contributed by atoms with E-state index in [0.717, 1.165) is 12.6 Å². The van der Waals surface area contributed by atoms with Gasteiger partial charge in [-0.05, 0) is 43.6 Å². The highest BCUT2D eigenvalue weighted by Gasteiger charge is 2.30. The van der Waals surface area contributed by atoms with Crippen LogP contribution in [0.25, 0.3) is 0 Å². The van der Waals surface area contributed by atoms with Crippen molar-refractivity contribution < 1.29 is 0 Å². The highest BCUT2D eigenvalue weighted by atomic mass is 15.1. The van der Waals surface area contributed by atoms with Crippen molar-refractivity contribution in [1.29, 1.82) is 0 Å². The second-order valence-corrected chi connectivity index (χ2v) is 8.51. The number of hydrogen-bond donors (Lipinski definition) is 1. The Labute approximate surface area is 121 Å².